The van der Waals surface area contributed by atoms with Gasteiger partial charge in [-0.25, -0.2) is 4.98 Å². The van der Waals surface area contributed by atoms with E-state index in [9.17, 15) is 9.90 Å². The normalized spacial score (nSPS) is 16.5. The van der Waals surface area contributed by atoms with E-state index in [1.165, 1.54) is 5.56 Å². The maximum Gasteiger partial charge on any atom is 0.227 e. The van der Waals surface area contributed by atoms with E-state index in [4.69, 9.17) is 14.5 Å². The number of anilines is 1. The molecule has 1 amide bonds. The fraction of sp³-hybridized carbons (Fsp3) is 0.310. The van der Waals surface area contributed by atoms with Crippen molar-refractivity contribution in [1.29, 1.82) is 0 Å². The summed E-state index contributed by atoms with van der Waals surface area (Å²) in [6.07, 6.45) is -0.385. The fourth-order valence-electron chi connectivity index (χ4n) is 4.92. The summed E-state index contributed by atoms with van der Waals surface area (Å²) >= 11 is 0. The zero-order valence-electron chi connectivity index (χ0n) is 20.8. The average Bonchev–Trinajstić information content (AvgIpc) is 3.44. The van der Waals surface area contributed by atoms with Crippen LogP contribution in [0.25, 0.3) is 11.0 Å². The number of ether oxygens (including phenoxy) is 2. The molecule has 186 valence electrons. The van der Waals surface area contributed by atoms with Gasteiger partial charge < -0.3 is 24.0 Å². The Morgan fingerprint density at radius 3 is 2.72 bits per heavy atom. The molecule has 2 heterocycles. The number of aryl methyl sites for hydroxylation is 2. The molecule has 0 aliphatic carbocycles. The second kappa shape index (κ2) is 10.0. The van der Waals surface area contributed by atoms with Crippen LogP contribution in [-0.2, 0) is 11.3 Å². The third kappa shape index (κ3) is 4.79. The molecule has 0 spiro atoms. The summed E-state index contributed by atoms with van der Waals surface area (Å²) in [4.78, 5) is 19.7. The van der Waals surface area contributed by atoms with Crippen molar-refractivity contribution in [2.24, 2.45) is 0 Å². The number of aromatic nitrogens is 2. The second-order valence-corrected chi connectivity index (χ2v) is 9.41. The van der Waals surface area contributed by atoms with Gasteiger partial charge in [0.15, 0.2) is 0 Å². The summed E-state index contributed by atoms with van der Waals surface area (Å²) in [6.45, 7) is 5.05. The van der Waals surface area contributed by atoms with Crippen molar-refractivity contribution in [1.82, 2.24) is 9.55 Å². The van der Waals surface area contributed by atoms with Crippen LogP contribution in [0.5, 0.6) is 11.5 Å². The summed E-state index contributed by atoms with van der Waals surface area (Å²) in [5.74, 6) is 2.24. The first-order valence-electron chi connectivity index (χ1n) is 12.2. The van der Waals surface area contributed by atoms with Crippen LogP contribution in [0.3, 0.4) is 0 Å². The number of nitrogens with zero attached hydrogens (tertiary/aromatic N) is 3. The number of hydrogen-bond acceptors (Lipinski definition) is 5. The van der Waals surface area contributed by atoms with Gasteiger partial charge in [-0.05, 0) is 49.7 Å². The topological polar surface area (TPSA) is 76.8 Å². The number of benzene rings is 3. The number of aliphatic hydroxyl groups is 1. The lowest BCUT2D eigenvalue weighted by atomic mass is 10.1. The van der Waals surface area contributed by atoms with Crippen molar-refractivity contribution in [3.8, 4) is 11.5 Å². The molecule has 1 fully saturated rings. The zero-order valence-corrected chi connectivity index (χ0v) is 20.8. The number of imidazole rings is 1. The Morgan fingerprint density at radius 1 is 1.08 bits per heavy atom. The van der Waals surface area contributed by atoms with Crippen LogP contribution in [0, 0.1) is 13.8 Å². The molecule has 1 aliphatic rings. The molecule has 1 aromatic heterocycles. The van der Waals surface area contributed by atoms with E-state index < -0.39 is 6.10 Å². The van der Waals surface area contributed by atoms with Gasteiger partial charge in [0.05, 0.1) is 24.7 Å². The molecule has 0 bridgehead atoms. The van der Waals surface area contributed by atoms with Crippen molar-refractivity contribution in [2.45, 2.75) is 38.8 Å². The first-order chi connectivity index (χ1) is 17.4. The second-order valence-electron chi connectivity index (χ2n) is 9.41. The van der Waals surface area contributed by atoms with Crippen LogP contribution in [0.4, 0.5) is 5.69 Å². The monoisotopic (exact) mass is 485 g/mol. The van der Waals surface area contributed by atoms with Crippen LogP contribution in [0.2, 0.25) is 0 Å². The van der Waals surface area contributed by atoms with Crippen LogP contribution in [0.1, 0.15) is 29.3 Å². The lowest BCUT2D eigenvalue weighted by Gasteiger charge is -2.19. The molecule has 1 N–H and O–H groups in total. The molecular formula is C29H31N3O4. The third-order valence-electron chi connectivity index (χ3n) is 6.69. The van der Waals surface area contributed by atoms with E-state index in [0.717, 1.165) is 33.9 Å². The Kier molecular flexibility index (Phi) is 6.65. The molecular weight excluding hydrogens is 454 g/mol. The highest BCUT2D eigenvalue weighted by Crippen LogP contribution is 2.34. The molecule has 5 rings (SSSR count). The average molecular weight is 486 g/mol. The van der Waals surface area contributed by atoms with Gasteiger partial charge >= 0.3 is 0 Å². The maximum atomic E-state index is 13.0. The van der Waals surface area contributed by atoms with Crippen molar-refractivity contribution < 1.29 is 19.4 Å². The van der Waals surface area contributed by atoms with Crippen LogP contribution >= 0.6 is 0 Å². The SMILES string of the molecule is COc1cccc(N2C[C@@H](c3nc4ccccc4n3C[C@@H](O)COc3ccc(C)cc3C)CC2=O)c1. The Morgan fingerprint density at radius 2 is 1.92 bits per heavy atom. The standard InChI is InChI=1S/C29H31N3O4/c1-19-11-12-27(20(2)13-19)36-18-23(33)17-32-26-10-5-4-9-25(26)30-29(32)21-14-28(34)31(16-21)22-7-6-8-24(15-22)35-3/h4-13,15,21,23,33H,14,16-18H2,1-3H3/t21-,23+/m0/s1. The largest absolute Gasteiger partial charge is 0.497 e. The van der Waals surface area contributed by atoms with Gasteiger partial charge in [0, 0.05) is 30.6 Å². The summed E-state index contributed by atoms with van der Waals surface area (Å²) in [5, 5.41) is 10.9. The van der Waals surface area contributed by atoms with Gasteiger partial charge in [-0.1, -0.05) is 35.9 Å². The van der Waals surface area contributed by atoms with E-state index in [2.05, 4.69) is 6.07 Å². The molecule has 3 aromatic carbocycles. The molecule has 4 aromatic rings. The van der Waals surface area contributed by atoms with Crippen molar-refractivity contribution in [2.75, 3.05) is 25.2 Å². The molecule has 7 nitrogen and oxygen atoms in total. The first-order valence-corrected chi connectivity index (χ1v) is 12.2. The quantitative estimate of drug-likeness (QED) is 0.394. The fourth-order valence-corrected chi connectivity index (χ4v) is 4.92. The molecule has 0 radical (unpaired) electrons. The molecule has 0 saturated carbocycles. The van der Waals surface area contributed by atoms with Crippen molar-refractivity contribution in [3.05, 3.63) is 83.7 Å². The van der Waals surface area contributed by atoms with E-state index in [-0.39, 0.29) is 18.4 Å². The summed E-state index contributed by atoms with van der Waals surface area (Å²) in [7, 11) is 1.62. The summed E-state index contributed by atoms with van der Waals surface area (Å²) < 4.78 is 13.3. The van der Waals surface area contributed by atoms with Crippen LogP contribution < -0.4 is 14.4 Å². The minimum Gasteiger partial charge on any atom is -0.497 e. The molecule has 7 heteroatoms. The van der Waals surface area contributed by atoms with Gasteiger partial charge in [0.2, 0.25) is 5.91 Å². The maximum absolute atomic E-state index is 13.0. The number of carbonyl (C=O) groups is 1. The van der Waals surface area contributed by atoms with E-state index in [1.807, 2.05) is 79.1 Å². The number of para-hydroxylation sites is 2. The number of fused-ring (bicyclic) bond motifs is 1. The highest BCUT2D eigenvalue weighted by atomic mass is 16.5. The number of hydrogen-bond donors (Lipinski definition) is 1. The number of rotatable bonds is 8. The first kappa shape index (κ1) is 23.9. The Balaban J connectivity index is 1.38. The number of aliphatic hydroxyl groups excluding tert-OH is 1. The van der Waals surface area contributed by atoms with Gasteiger partial charge in [-0.15, -0.1) is 0 Å². The zero-order chi connectivity index (χ0) is 25.2. The van der Waals surface area contributed by atoms with E-state index >= 15 is 0 Å². The van der Waals surface area contributed by atoms with Gasteiger partial charge in [-0.2, -0.15) is 0 Å². The number of methoxy groups -OCH3 is 1. The minimum atomic E-state index is -0.742. The number of carbonyl (C=O) groups excluding carboxylic acids is 1. The predicted molar refractivity (Wildman–Crippen MR) is 140 cm³/mol. The lowest BCUT2D eigenvalue weighted by molar-refractivity contribution is -0.117. The molecule has 2 atom stereocenters. The van der Waals surface area contributed by atoms with Crippen molar-refractivity contribution >= 4 is 22.6 Å². The molecule has 1 aliphatic heterocycles. The van der Waals surface area contributed by atoms with Gasteiger partial charge in [-0.3, -0.25) is 4.79 Å². The van der Waals surface area contributed by atoms with Gasteiger partial charge in [0.25, 0.3) is 0 Å². The van der Waals surface area contributed by atoms with Gasteiger partial charge in [0.1, 0.15) is 30.0 Å². The molecule has 36 heavy (non-hydrogen) atoms. The Hall–Kier alpha value is -3.84. The van der Waals surface area contributed by atoms with E-state index in [1.54, 1.807) is 12.0 Å². The highest BCUT2D eigenvalue weighted by molar-refractivity contribution is 5.96. The molecule has 1 saturated heterocycles. The highest BCUT2D eigenvalue weighted by Gasteiger charge is 2.35. The summed E-state index contributed by atoms with van der Waals surface area (Å²) in [6, 6.07) is 21.4. The molecule has 0 unspecified atom stereocenters. The Labute approximate surface area is 210 Å². The van der Waals surface area contributed by atoms with Crippen LogP contribution in [0.15, 0.2) is 66.7 Å². The predicted octanol–water partition coefficient (Wildman–Crippen LogP) is 4.62. The van der Waals surface area contributed by atoms with E-state index in [0.29, 0.717) is 25.3 Å². The minimum absolute atomic E-state index is 0.0468. The van der Waals surface area contributed by atoms with Crippen molar-refractivity contribution in [3.63, 3.8) is 0 Å². The lowest BCUT2D eigenvalue weighted by Crippen LogP contribution is -2.26. The summed E-state index contributed by atoms with van der Waals surface area (Å²) in [5.41, 5.74) is 4.81. The Bertz CT molecular complexity index is 1400. The van der Waals surface area contributed by atoms with Crippen LogP contribution in [-0.4, -0.2) is 46.9 Å². The third-order valence-corrected chi connectivity index (χ3v) is 6.69. The smallest absolute Gasteiger partial charge is 0.227 e. The number of amides is 1.